The van der Waals surface area contributed by atoms with Gasteiger partial charge in [-0.25, -0.2) is 14.3 Å². The van der Waals surface area contributed by atoms with Crippen LogP contribution in [0.15, 0.2) is 54.9 Å². The van der Waals surface area contributed by atoms with Gasteiger partial charge in [-0.15, -0.1) is 11.3 Å². The first-order chi connectivity index (χ1) is 31.0. The van der Waals surface area contributed by atoms with Gasteiger partial charge in [0.1, 0.15) is 29.5 Å². The molecule has 65 heavy (non-hydrogen) atoms. The van der Waals surface area contributed by atoms with Crippen molar-refractivity contribution < 1.29 is 41.7 Å². The van der Waals surface area contributed by atoms with E-state index in [0.717, 1.165) is 31.2 Å². The van der Waals surface area contributed by atoms with Gasteiger partial charge in [-0.3, -0.25) is 9.88 Å². The van der Waals surface area contributed by atoms with Crippen LogP contribution in [0.25, 0.3) is 42.5 Å². The van der Waals surface area contributed by atoms with Crippen molar-refractivity contribution in [3.63, 3.8) is 0 Å². The number of hydrogen-bond acceptors (Lipinski definition) is 12. The van der Waals surface area contributed by atoms with E-state index in [1.807, 2.05) is 62.9 Å². The zero-order valence-electron chi connectivity index (χ0n) is 37.0. The molecule has 2 aromatic carbocycles. The average molecular weight is 913 g/mol. The lowest BCUT2D eigenvalue weighted by atomic mass is 9.83. The smallest absolute Gasteiger partial charge is 0.417 e. The number of anilines is 1. The summed E-state index contributed by atoms with van der Waals surface area (Å²) in [5.41, 5.74) is -0.243. The Morgan fingerprint density at radius 3 is 2.42 bits per heavy atom. The van der Waals surface area contributed by atoms with Gasteiger partial charge in [-0.05, 0) is 83.1 Å². The van der Waals surface area contributed by atoms with Gasteiger partial charge in [0.2, 0.25) is 0 Å². The number of likely N-dealkylation sites (tertiary alicyclic amines) is 1. The number of carbonyl (C=O) groups excluding carboxylic acids is 2. The number of ether oxygens (including phenoxy) is 4. The number of fused-ring (bicyclic) bond motifs is 6. The van der Waals surface area contributed by atoms with E-state index < -0.39 is 28.8 Å². The third-order valence-electron chi connectivity index (χ3n) is 12.8. The van der Waals surface area contributed by atoms with E-state index in [2.05, 4.69) is 10.00 Å². The van der Waals surface area contributed by atoms with Crippen LogP contribution in [-0.4, -0.2) is 104 Å². The summed E-state index contributed by atoms with van der Waals surface area (Å²) < 4.78 is 72.0. The molecule has 0 aliphatic carbocycles. The number of nitrogens with zero attached hydrogens (tertiary/aromatic N) is 8. The minimum absolute atomic E-state index is 0.0496. The molecule has 4 aromatic heterocycles. The van der Waals surface area contributed by atoms with Crippen molar-refractivity contribution in [1.82, 2.24) is 34.5 Å². The molecular weight excluding hydrogens is 862 g/mol. The van der Waals surface area contributed by atoms with E-state index in [9.17, 15) is 9.59 Å². The summed E-state index contributed by atoms with van der Waals surface area (Å²) >= 11 is 1.24. The zero-order chi connectivity index (χ0) is 45.4. The molecule has 0 radical (unpaired) electrons. The van der Waals surface area contributed by atoms with Crippen LogP contribution in [0, 0.1) is 12.3 Å². The lowest BCUT2D eigenvalue weighted by Crippen LogP contribution is -2.59. The molecule has 10 rings (SSSR count). The lowest BCUT2D eigenvalue weighted by molar-refractivity contribution is -0.137. The molecule has 0 spiro atoms. The van der Waals surface area contributed by atoms with Crippen molar-refractivity contribution in [2.75, 3.05) is 44.3 Å². The molecule has 14 nitrogen and oxygen atoms in total. The number of aromatic nitrogens is 5. The Morgan fingerprint density at radius 1 is 0.969 bits per heavy atom. The van der Waals surface area contributed by atoms with Crippen LogP contribution in [0.4, 0.5) is 28.6 Å². The van der Waals surface area contributed by atoms with Crippen LogP contribution in [0.1, 0.15) is 82.7 Å². The van der Waals surface area contributed by atoms with E-state index in [0.29, 0.717) is 76.2 Å². The summed E-state index contributed by atoms with van der Waals surface area (Å²) in [6.07, 6.45) is 1.28. The highest BCUT2D eigenvalue weighted by atomic mass is 32.1. The van der Waals surface area contributed by atoms with E-state index in [1.165, 1.54) is 24.5 Å². The van der Waals surface area contributed by atoms with Crippen molar-refractivity contribution in [3.05, 3.63) is 71.5 Å². The van der Waals surface area contributed by atoms with Crippen LogP contribution >= 0.6 is 11.3 Å². The topological polar surface area (TPSA) is 137 Å². The molecule has 342 valence electrons. The van der Waals surface area contributed by atoms with Crippen LogP contribution in [0.5, 0.6) is 6.01 Å². The molecule has 4 fully saturated rings. The molecule has 3 atom stereocenters. The van der Waals surface area contributed by atoms with E-state index in [1.54, 1.807) is 27.9 Å². The van der Waals surface area contributed by atoms with Crippen LogP contribution < -0.4 is 9.64 Å². The van der Waals surface area contributed by atoms with Gasteiger partial charge in [0, 0.05) is 60.7 Å². The van der Waals surface area contributed by atoms with Gasteiger partial charge < -0.3 is 28.7 Å². The Kier molecular flexibility index (Phi) is 10.8. The molecule has 8 heterocycles. The van der Waals surface area contributed by atoms with Gasteiger partial charge in [-0.2, -0.15) is 28.2 Å². The molecule has 4 saturated heterocycles. The van der Waals surface area contributed by atoms with Crippen molar-refractivity contribution in [2.24, 2.45) is 5.41 Å². The summed E-state index contributed by atoms with van der Waals surface area (Å²) in [4.78, 5) is 47.2. The molecule has 2 bridgehead atoms. The maximum atomic E-state index is 15.3. The summed E-state index contributed by atoms with van der Waals surface area (Å²) in [5, 5.41) is 6.26. The molecule has 4 aliphatic heterocycles. The predicted octanol–water partition coefficient (Wildman–Crippen LogP) is 9.91. The monoisotopic (exact) mass is 912 g/mol. The summed E-state index contributed by atoms with van der Waals surface area (Å²) in [6.45, 7) is 11.7. The number of amides is 2. The average Bonchev–Trinajstić information content (AvgIpc) is 3.93. The number of thiophene rings is 1. The second-order valence-corrected chi connectivity index (χ2v) is 20.1. The molecule has 1 unspecified atom stereocenters. The van der Waals surface area contributed by atoms with Crippen molar-refractivity contribution in [1.29, 1.82) is 0 Å². The van der Waals surface area contributed by atoms with E-state index >= 15 is 13.2 Å². The molecule has 2 amide bonds. The summed E-state index contributed by atoms with van der Waals surface area (Å²) in [6, 6.07) is 12.6. The second-order valence-electron chi connectivity index (χ2n) is 19.1. The van der Waals surface area contributed by atoms with Crippen LogP contribution in [-0.2, 0) is 27.0 Å². The van der Waals surface area contributed by atoms with Crippen LogP contribution in [0.3, 0.4) is 0 Å². The van der Waals surface area contributed by atoms with Gasteiger partial charge >= 0.3 is 24.4 Å². The number of hydrogen-bond donors (Lipinski definition) is 0. The second kappa shape index (κ2) is 16.3. The Labute approximate surface area is 377 Å². The standard InChI is InChI=1S/C47H51F3N8O6S/c1-27-19-33-32(20-52-58(33)34-13-9-10-18-61-34)35(37(27)47(48,49)50)38-39-31(16-17-51-38)36-40(55-21-29-14-15-30(22-55)57(29)44(60)64-45(2,3)4)53-42(54-41(36)65-39)63-26-46(5)24-56(25-46)43(59)62-23-28-11-7-6-8-12-28/h6-8,11-12,16-17,19-20,29-30,34H,9-10,13-15,18,21-26H2,1-5H3/t29-,30+,34?. The molecule has 0 saturated carbocycles. The maximum Gasteiger partial charge on any atom is 0.417 e. The molecule has 6 aromatic rings. The highest BCUT2D eigenvalue weighted by Crippen LogP contribution is 2.49. The first-order valence-corrected chi connectivity index (χ1v) is 23.0. The third kappa shape index (κ3) is 8.16. The van der Waals surface area contributed by atoms with Gasteiger partial charge in [0.15, 0.2) is 6.23 Å². The van der Waals surface area contributed by atoms with Gasteiger partial charge in [-0.1, -0.05) is 37.3 Å². The summed E-state index contributed by atoms with van der Waals surface area (Å²) in [7, 11) is 0. The minimum atomic E-state index is -4.71. The number of piperazine rings is 1. The van der Waals surface area contributed by atoms with E-state index in [4.69, 9.17) is 33.9 Å². The maximum absolute atomic E-state index is 15.3. The fourth-order valence-corrected chi connectivity index (χ4v) is 11.1. The predicted molar refractivity (Wildman–Crippen MR) is 239 cm³/mol. The lowest BCUT2D eigenvalue weighted by Gasteiger charge is -2.46. The number of halogens is 3. The number of pyridine rings is 1. The van der Waals surface area contributed by atoms with Crippen LogP contribution in [0.2, 0.25) is 0 Å². The molecule has 18 heteroatoms. The first-order valence-electron chi connectivity index (χ1n) is 22.2. The number of carbonyl (C=O) groups is 2. The van der Waals surface area contributed by atoms with Crippen molar-refractivity contribution >= 4 is 60.5 Å². The number of benzene rings is 2. The fraction of sp³-hybridized carbons (Fsp3) is 0.489. The zero-order valence-corrected chi connectivity index (χ0v) is 37.8. The highest BCUT2D eigenvalue weighted by molar-refractivity contribution is 7.26. The normalized spacial score (nSPS) is 21.0. The number of alkyl halides is 3. The van der Waals surface area contributed by atoms with Gasteiger partial charge in [0.25, 0.3) is 0 Å². The first kappa shape index (κ1) is 43.2. The van der Waals surface area contributed by atoms with E-state index in [-0.39, 0.29) is 60.4 Å². The summed E-state index contributed by atoms with van der Waals surface area (Å²) in [5.74, 6) is 0.562. The number of aryl methyl sites for hydroxylation is 1. The largest absolute Gasteiger partial charge is 0.463 e. The molecular formula is C47H51F3N8O6S. The van der Waals surface area contributed by atoms with Gasteiger partial charge in [0.05, 0.1) is 45.1 Å². The Bertz CT molecular complexity index is 2780. The SMILES string of the molecule is Cc1cc2c(cnn2C2CCCCO2)c(-c2nccc3c2sc2nc(OCC4(C)CN(C(=O)OCc5ccccc5)C4)nc(N4C[C@H]5CC[C@@H](C4)N5C(=O)OC(C)(C)C)c23)c1C(F)(F)F. The minimum Gasteiger partial charge on any atom is -0.463 e. The Hall–Kier alpha value is -5.75. The number of rotatable bonds is 8. The molecule has 0 N–H and O–H groups in total. The Morgan fingerprint density at radius 2 is 1.72 bits per heavy atom. The molecule has 4 aliphatic rings. The fourth-order valence-electron chi connectivity index (χ4n) is 9.94. The van der Waals surface area contributed by atoms with Crippen molar-refractivity contribution in [3.8, 4) is 17.3 Å². The quantitative estimate of drug-likeness (QED) is 0.144. The third-order valence-corrected chi connectivity index (χ3v) is 13.9. The van der Waals surface area contributed by atoms with Crippen molar-refractivity contribution in [2.45, 2.75) is 103 Å². The highest BCUT2D eigenvalue weighted by Gasteiger charge is 2.46. The Balaban J connectivity index is 1.03.